The summed E-state index contributed by atoms with van der Waals surface area (Å²) >= 11 is 0. The second kappa shape index (κ2) is 19.3. The van der Waals surface area contributed by atoms with E-state index < -0.39 is 0 Å². The molecule has 4 rings (SSSR count). The predicted molar refractivity (Wildman–Crippen MR) is 163 cm³/mol. The molecule has 210 valence electrons. The molecule has 0 N–H and O–H groups in total. The van der Waals surface area contributed by atoms with E-state index in [9.17, 15) is 0 Å². The minimum absolute atomic E-state index is 0. The van der Waals surface area contributed by atoms with E-state index in [0.29, 0.717) is 0 Å². The van der Waals surface area contributed by atoms with Gasteiger partial charge in [-0.2, -0.15) is 0 Å². The molecular formula is C28H30Cl4N4Ni2. The summed E-state index contributed by atoms with van der Waals surface area (Å²) in [4.78, 5) is 18.0. The molecule has 4 aromatic rings. The van der Waals surface area contributed by atoms with Crippen LogP contribution in [-0.2, 0) is 33.0 Å². The number of aryl methyl sites for hydroxylation is 4. The molecular weight excluding hydrogens is 652 g/mol. The number of aromatic nitrogens is 2. The molecule has 10 heteroatoms. The van der Waals surface area contributed by atoms with E-state index in [1.165, 1.54) is 11.1 Å². The van der Waals surface area contributed by atoms with Crippen LogP contribution in [0.5, 0.6) is 0 Å². The summed E-state index contributed by atoms with van der Waals surface area (Å²) in [6.07, 6.45) is 7.19. The van der Waals surface area contributed by atoms with Crippen LogP contribution in [0.4, 0.5) is 11.4 Å². The molecule has 0 spiro atoms. The van der Waals surface area contributed by atoms with Gasteiger partial charge < -0.3 is 0 Å². The third-order valence-corrected chi connectivity index (χ3v) is 5.34. The number of nitrogens with zero attached hydrogens (tertiary/aromatic N) is 4. The molecule has 0 atom stereocenters. The zero-order chi connectivity index (χ0) is 22.5. The first-order chi connectivity index (χ1) is 15.5. The summed E-state index contributed by atoms with van der Waals surface area (Å²) in [5, 5.41) is 0. The van der Waals surface area contributed by atoms with Gasteiger partial charge in [0, 0.05) is 45.4 Å². The fraction of sp³-hybridized carbons (Fsp3) is 0.143. The van der Waals surface area contributed by atoms with Gasteiger partial charge in [0.2, 0.25) is 0 Å². The average molecular weight is 682 g/mol. The molecule has 0 radical (unpaired) electrons. The van der Waals surface area contributed by atoms with E-state index in [2.05, 4.69) is 61.9 Å². The fourth-order valence-corrected chi connectivity index (χ4v) is 3.82. The first kappa shape index (κ1) is 40.7. The third kappa shape index (κ3) is 10.4. The number of rotatable bonds is 5. The van der Waals surface area contributed by atoms with Gasteiger partial charge in [0.1, 0.15) is 0 Å². The number of aliphatic imine (C=N–C) groups is 2. The molecule has 2 aromatic carbocycles. The van der Waals surface area contributed by atoms with Gasteiger partial charge in [-0.25, -0.2) is 0 Å². The quantitative estimate of drug-likeness (QED) is 0.157. The first-order valence-electron chi connectivity index (χ1n) is 10.6. The molecule has 0 unspecified atom stereocenters. The number of pyridine rings is 2. The van der Waals surface area contributed by atoms with Crippen LogP contribution in [-0.4, -0.2) is 22.4 Å². The molecule has 2 aromatic heterocycles. The van der Waals surface area contributed by atoms with E-state index in [4.69, 9.17) is 9.98 Å². The van der Waals surface area contributed by atoms with Gasteiger partial charge in [0.25, 0.3) is 0 Å². The molecule has 0 fully saturated rings. The van der Waals surface area contributed by atoms with Crippen LogP contribution < -0.4 is 0 Å². The summed E-state index contributed by atoms with van der Waals surface area (Å²) in [5.41, 5.74) is 10.6. The van der Waals surface area contributed by atoms with Crippen molar-refractivity contribution in [3.8, 4) is 11.1 Å². The summed E-state index contributed by atoms with van der Waals surface area (Å²) in [7, 11) is 0. The minimum atomic E-state index is 0. The third-order valence-electron chi connectivity index (χ3n) is 5.34. The average Bonchev–Trinajstić information content (AvgIpc) is 2.79. The van der Waals surface area contributed by atoms with E-state index in [1.54, 1.807) is 12.4 Å². The summed E-state index contributed by atoms with van der Waals surface area (Å²) in [5.74, 6) is 0. The second-order valence-electron chi connectivity index (χ2n) is 7.94. The zero-order valence-corrected chi connectivity index (χ0v) is 26.4. The fourth-order valence-electron chi connectivity index (χ4n) is 3.82. The van der Waals surface area contributed by atoms with Gasteiger partial charge in [-0.15, -0.1) is 49.6 Å². The maximum Gasteiger partial charge on any atom is 0.0812 e. The van der Waals surface area contributed by atoms with Crippen molar-refractivity contribution in [1.82, 2.24) is 9.97 Å². The largest absolute Gasteiger partial charge is 0.255 e. The second-order valence-corrected chi connectivity index (χ2v) is 7.94. The molecule has 38 heavy (non-hydrogen) atoms. The van der Waals surface area contributed by atoms with E-state index in [0.717, 1.165) is 45.0 Å². The van der Waals surface area contributed by atoms with Crippen molar-refractivity contribution in [2.75, 3.05) is 0 Å². The molecule has 0 aliphatic heterocycles. The predicted octanol–water partition coefficient (Wildman–Crippen LogP) is 8.56. The van der Waals surface area contributed by atoms with Gasteiger partial charge in [-0.3, -0.25) is 20.0 Å². The normalized spacial score (nSPS) is 9.68. The zero-order valence-electron chi connectivity index (χ0n) is 21.1. The van der Waals surface area contributed by atoms with Crippen LogP contribution in [0.2, 0.25) is 0 Å². The van der Waals surface area contributed by atoms with Gasteiger partial charge >= 0.3 is 0 Å². The Kier molecular flexibility index (Phi) is 20.7. The van der Waals surface area contributed by atoms with Crippen LogP contribution in [0.3, 0.4) is 0 Å². The molecule has 0 saturated carbocycles. The SMILES string of the molecule is Cc1cc(-c2cc(C)c(N=Cc3ccccn3)c(C)c2)cc(C)c1N=Cc1ccccn1.Cl.Cl.Cl.Cl.[Ni].[Ni]. The Morgan fingerprint density at radius 2 is 0.842 bits per heavy atom. The van der Waals surface area contributed by atoms with Gasteiger partial charge in [0.05, 0.1) is 35.2 Å². The Bertz CT molecular complexity index is 1170. The molecule has 0 aliphatic rings. The van der Waals surface area contributed by atoms with Crippen molar-refractivity contribution in [2.24, 2.45) is 9.98 Å². The molecule has 0 amide bonds. The van der Waals surface area contributed by atoms with Crippen LogP contribution in [0, 0.1) is 27.7 Å². The Morgan fingerprint density at radius 1 is 0.526 bits per heavy atom. The Morgan fingerprint density at radius 3 is 1.11 bits per heavy atom. The molecule has 0 saturated heterocycles. The first-order valence-corrected chi connectivity index (χ1v) is 10.6. The summed E-state index contributed by atoms with van der Waals surface area (Å²) in [6, 6.07) is 20.4. The maximum atomic E-state index is 4.70. The number of halogens is 4. The number of hydrogen-bond donors (Lipinski definition) is 0. The maximum absolute atomic E-state index is 4.70. The van der Waals surface area contributed by atoms with E-state index in [-0.39, 0.29) is 82.6 Å². The van der Waals surface area contributed by atoms with Crippen LogP contribution >= 0.6 is 49.6 Å². The Balaban J connectivity index is -0.00000204. The topological polar surface area (TPSA) is 50.5 Å². The Hall–Kier alpha value is -1.77. The van der Waals surface area contributed by atoms with Crippen molar-refractivity contribution in [1.29, 1.82) is 0 Å². The molecule has 2 heterocycles. The van der Waals surface area contributed by atoms with Gasteiger partial charge in [-0.05, 0) is 110 Å². The minimum Gasteiger partial charge on any atom is -0.255 e. The molecule has 0 bridgehead atoms. The van der Waals surface area contributed by atoms with E-state index in [1.807, 2.05) is 48.8 Å². The van der Waals surface area contributed by atoms with Gasteiger partial charge in [0.15, 0.2) is 0 Å². The standard InChI is InChI=1S/C28H26N4.4ClH.2Ni/c1-19-13-23(14-20(2)27(19)31-17-25-9-5-7-11-29-25)24-15-21(3)28(22(4)16-24)32-18-26-10-6-8-12-30-26;;;;;;/h5-18H,1-4H3;4*1H;;. The van der Waals surface area contributed by atoms with Crippen LogP contribution in [0.1, 0.15) is 33.6 Å². The van der Waals surface area contributed by atoms with Crippen molar-refractivity contribution in [2.45, 2.75) is 27.7 Å². The van der Waals surface area contributed by atoms with Crippen LogP contribution in [0.15, 0.2) is 83.0 Å². The van der Waals surface area contributed by atoms with Crippen molar-refractivity contribution >= 4 is 73.4 Å². The number of benzene rings is 2. The number of hydrogen-bond acceptors (Lipinski definition) is 4. The van der Waals surface area contributed by atoms with Crippen LogP contribution in [0.25, 0.3) is 11.1 Å². The Labute approximate surface area is 270 Å². The van der Waals surface area contributed by atoms with Crippen molar-refractivity contribution in [3.63, 3.8) is 0 Å². The smallest absolute Gasteiger partial charge is 0.0812 e. The summed E-state index contributed by atoms with van der Waals surface area (Å²) < 4.78 is 0. The van der Waals surface area contributed by atoms with Gasteiger partial charge in [-0.1, -0.05) is 12.1 Å². The van der Waals surface area contributed by atoms with Crippen molar-refractivity contribution < 1.29 is 33.0 Å². The molecule has 0 aliphatic carbocycles. The monoisotopic (exact) mass is 678 g/mol. The van der Waals surface area contributed by atoms with E-state index >= 15 is 0 Å². The molecule has 4 nitrogen and oxygen atoms in total. The summed E-state index contributed by atoms with van der Waals surface area (Å²) in [6.45, 7) is 8.42. The van der Waals surface area contributed by atoms with Crippen molar-refractivity contribution in [3.05, 3.63) is 107 Å².